The topological polar surface area (TPSA) is 60.8 Å². The molecule has 0 aliphatic heterocycles. The molecule has 1 aliphatic carbocycles. The van der Waals surface area contributed by atoms with Gasteiger partial charge in [-0.2, -0.15) is 0 Å². The van der Waals surface area contributed by atoms with Gasteiger partial charge in [0.2, 0.25) is 0 Å². The van der Waals surface area contributed by atoms with E-state index in [0.29, 0.717) is 6.04 Å². The third kappa shape index (κ3) is 4.32. The number of benzene rings is 1. The first-order valence-electron chi connectivity index (χ1n) is 7.33. The number of aliphatic hydroxyl groups is 1. The van der Waals surface area contributed by atoms with Gasteiger partial charge >= 0.3 is 5.97 Å². The maximum atomic E-state index is 10.7. The maximum absolute atomic E-state index is 10.7. The van der Waals surface area contributed by atoms with Crippen molar-refractivity contribution in [2.75, 3.05) is 13.2 Å². The van der Waals surface area contributed by atoms with Gasteiger partial charge in [-0.1, -0.05) is 30.7 Å². The summed E-state index contributed by atoms with van der Waals surface area (Å²) in [6, 6.07) is 8.48. The number of aliphatic hydroxyl groups excluding tert-OH is 1. The first kappa shape index (κ1) is 15.0. The van der Waals surface area contributed by atoms with E-state index in [1.807, 2.05) is 24.3 Å². The standard InChI is InChI=1S/C16H23NO3/c18-10-2-9-17(15-3-1-4-15)12-14-7-5-13(6-8-14)11-16(19)20/h5-8,15,18H,1-4,9-12H2,(H,19,20). The molecule has 1 saturated carbocycles. The van der Waals surface area contributed by atoms with E-state index in [0.717, 1.165) is 25.1 Å². The molecule has 20 heavy (non-hydrogen) atoms. The number of aliphatic carboxylic acids is 1. The average Bonchev–Trinajstić information content (AvgIpc) is 2.35. The third-order valence-corrected chi connectivity index (χ3v) is 3.96. The van der Waals surface area contributed by atoms with E-state index in [2.05, 4.69) is 4.90 Å². The Morgan fingerprint density at radius 2 is 1.85 bits per heavy atom. The summed E-state index contributed by atoms with van der Waals surface area (Å²) in [6.07, 6.45) is 4.70. The predicted octanol–water partition coefficient (Wildman–Crippen LogP) is 2.05. The number of carbonyl (C=O) groups is 1. The fourth-order valence-corrected chi connectivity index (χ4v) is 2.59. The van der Waals surface area contributed by atoms with Crippen LogP contribution in [-0.4, -0.2) is 40.3 Å². The molecule has 2 N–H and O–H groups in total. The minimum absolute atomic E-state index is 0.0805. The lowest BCUT2D eigenvalue weighted by Gasteiger charge is -2.37. The van der Waals surface area contributed by atoms with Crippen molar-refractivity contribution in [3.8, 4) is 0 Å². The quantitative estimate of drug-likeness (QED) is 0.763. The molecule has 4 heteroatoms. The van der Waals surface area contributed by atoms with E-state index in [1.165, 1.54) is 24.8 Å². The highest BCUT2D eigenvalue weighted by molar-refractivity contribution is 5.70. The summed E-state index contributed by atoms with van der Waals surface area (Å²) in [6.45, 7) is 2.05. The zero-order valence-electron chi connectivity index (χ0n) is 11.8. The summed E-state index contributed by atoms with van der Waals surface area (Å²) < 4.78 is 0. The average molecular weight is 277 g/mol. The second-order valence-electron chi connectivity index (χ2n) is 5.52. The van der Waals surface area contributed by atoms with Crippen LogP contribution in [0.3, 0.4) is 0 Å². The summed E-state index contributed by atoms with van der Waals surface area (Å²) in [7, 11) is 0. The van der Waals surface area contributed by atoms with Crippen LogP contribution >= 0.6 is 0 Å². The fourth-order valence-electron chi connectivity index (χ4n) is 2.59. The van der Waals surface area contributed by atoms with Crippen LogP contribution in [0.4, 0.5) is 0 Å². The molecule has 0 amide bonds. The van der Waals surface area contributed by atoms with Gasteiger partial charge in [-0.3, -0.25) is 9.69 Å². The Morgan fingerprint density at radius 3 is 2.35 bits per heavy atom. The third-order valence-electron chi connectivity index (χ3n) is 3.96. The lowest BCUT2D eigenvalue weighted by molar-refractivity contribution is -0.136. The Bertz CT molecular complexity index is 426. The Kier molecular flexibility index (Phi) is 5.56. The van der Waals surface area contributed by atoms with Crippen molar-refractivity contribution >= 4 is 5.97 Å². The summed E-state index contributed by atoms with van der Waals surface area (Å²) in [4.78, 5) is 13.1. The van der Waals surface area contributed by atoms with Crippen molar-refractivity contribution in [1.82, 2.24) is 4.90 Å². The molecule has 0 bridgehead atoms. The van der Waals surface area contributed by atoms with Crippen LogP contribution in [-0.2, 0) is 17.8 Å². The molecule has 1 fully saturated rings. The van der Waals surface area contributed by atoms with Gasteiger partial charge in [0.25, 0.3) is 0 Å². The number of nitrogens with zero attached hydrogens (tertiary/aromatic N) is 1. The monoisotopic (exact) mass is 277 g/mol. The first-order chi connectivity index (χ1) is 9.69. The second kappa shape index (κ2) is 7.41. The van der Waals surface area contributed by atoms with Crippen molar-refractivity contribution in [2.24, 2.45) is 0 Å². The van der Waals surface area contributed by atoms with Gasteiger partial charge in [-0.25, -0.2) is 0 Å². The van der Waals surface area contributed by atoms with Gasteiger partial charge in [-0.05, 0) is 30.4 Å². The number of hydrogen-bond donors (Lipinski definition) is 2. The van der Waals surface area contributed by atoms with Gasteiger partial charge in [0, 0.05) is 25.7 Å². The molecule has 2 rings (SSSR count). The zero-order chi connectivity index (χ0) is 14.4. The largest absolute Gasteiger partial charge is 0.481 e. The highest BCUT2D eigenvalue weighted by Gasteiger charge is 2.24. The van der Waals surface area contributed by atoms with Gasteiger partial charge in [0.15, 0.2) is 0 Å². The molecular formula is C16H23NO3. The Balaban J connectivity index is 1.93. The van der Waals surface area contributed by atoms with Crippen LogP contribution in [0.25, 0.3) is 0 Å². The molecule has 0 atom stereocenters. The number of carboxylic acids is 1. The number of rotatable bonds is 8. The van der Waals surface area contributed by atoms with Gasteiger partial charge < -0.3 is 10.2 Å². The van der Waals surface area contributed by atoms with Crippen LogP contribution in [0, 0.1) is 0 Å². The molecular weight excluding hydrogens is 254 g/mol. The molecule has 110 valence electrons. The minimum Gasteiger partial charge on any atom is -0.481 e. The van der Waals surface area contributed by atoms with Crippen LogP contribution in [0.5, 0.6) is 0 Å². The van der Waals surface area contributed by atoms with Gasteiger partial charge in [0.05, 0.1) is 6.42 Å². The van der Waals surface area contributed by atoms with E-state index >= 15 is 0 Å². The zero-order valence-corrected chi connectivity index (χ0v) is 11.8. The minimum atomic E-state index is -0.795. The van der Waals surface area contributed by atoms with E-state index in [-0.39, 0.29) is 13.0 Å². The van der Waals surface area contributed by atoms with E-state index < -0.39 is 5.97 Å². The summed E-state index contributed by atoms with van der Waals surface area (Å²) in [5, 5.41) is 17.8. The molecule has 0 aromatic heterocycles. The highest BCUT2D eigenvalue weighted by Crippen LogP contribution is 2.26. The molecule has 0 spiro atoms. The van der Waals surface area contributed by atoms with Crippen LogP contribution in [0.2, 0.25) is 0 Å². The molecule has 1 aromatic rings. The van der Waals surface area contributed by atoms with Gasteiger partial charge in [-0.15, -0.1) is 0 Å². The SMILES string of the molecule is O=C(O)Cc1ccc(CN(CCCO)C2CCC2)cc1. The first-order valence-corrected chi connectivity index (χ1v) is 7.33. The van der Waals surface area contributed by atoms with E-state index in [9.17, 15) is 4.79 Å². The molecule has 4 nitrogen and oxygen atoms in total. The molecule has 1 aromatic carbocycles. The van der Waals surface area contributed by atoms with Crippen molar-refractivity contribution in [1.29, 1.82) is 0 Å². The van der Waals surface area contributed by atoms with Crippen molar-refractivity contribution in [3.63, 3.8) is 0 Å². The van der Waals surface area contributed by atoms with Crippen molar-refractivity contribution in [3.05, 3.63) is 35.4 Å². The lowest BCUT2D eigenvalue weighted by Crippen LogP contribution is -2.40. The predicted molar refractivity (Wildman–Crippen MR) is 77.5 cm³/mol. The van der Waals surface area contributed by atoms with Crippen LogP contribution in [0.1, 0.15) is 36.8 Å². The van der Waals surface area contributed by atoms with E-state index in [4.69, 9.17) is 10.2 Å². The van der Waals surface area contributed by atoms with Crippen LogP contribution < -0.4 is 0 Å². The molecule has 0 saturated heterocycles. The van der Waals surface area contributed by atoms with Gasteiger partial charge in [0.1, 0.15) is 0 Å². The molecule has 0 radical (unpaired) electrons. The number of carboxylic acid groups (broad SMARTS) is 1. The smallest absolute Gasteiger partial charge is 0.307 e. The van der Waals surface area contributed by atoms with E-state index in [1.54, 1.807) is 0 Å². The molecule has 0 heterocycles. The Morgan fingerprint density at radius 1 is 1.20 bits per heavy atom. The lowest BCUT2D eigenvalue weighted by atomic mass is 9.91. The van der Waals surface area contributed by atoms with Crippen molar-refractivity contribution in [2.45, 2.75) is 44.7 Å². The fraction of sp³-hybridized carbons (Fsp3) is 0.562. The summed E-state index contributed by atoms with van der Waals surface area (Å²) in [5.41, 5.74) is 2.05. The Labute approximate surface area is 120 Å². The van der Waals surface area contributed by atoms with Crippen LogP contribution in [0.15, 0.2) is 24.3 Å². The maximum Gasteiger partial charge on any atom is 0.307 e. The molecule has 1 aliphatic rings. The molecule has 0 unspecified atom stereocenters. The normalized spacial score (nSPS) is 15.3. The summed E-state index contributed by atoms with van der Waals surface area (Å²) >= 11 is 0. The number of hydrogen-bond acceptors (Lipinski definition) is 3. The Hall–Kier alpha value is -1.39. The second-order valence-corrected chi connectivity index (χ2v) is 5.52. The van der Waals surface area contributed by atoms with Crippen molar-refractivity contribution < 1.29 is 15.0 Å². The highest BCUT2D eigenvalue weighted by atomic mass is 16.4. The summed E-state index contributed by atoms with van der Waals surface area (Å²) in [5.74, 6) is -0.795.